The van der Waals surface area contributed by atoms with Crippen molar-refractivity contribution in [3.05, 3.63) is 34.9 Å². The number of carbonyl (C=O) groups is 2. The standard InChI is InChI=1S/C18H22ClNO4/c19-13-7-5-12(6-8-13)16(11-3-1-2-4-11)20-17(21)14-9-10-15(24-14)18(22)23/h5-8,11,14-16H,1-4,9-10H2,(H,20,21)(H,22,23)/t14-,15+,16?/m0/s1. The summed E-state index contributed by atoms with van der Waals surface area (Å²) in [7, 11) is 0. The quantitative estimate of drug-likeness (QED) is 0.853. The average Bonchev–Trinajstić information content (AvgIpc) is 3.25. The minimum atomic E-state index is -1.00. The lowest BCUT2D eigenvalue weighted by atomic mass is 9.91. The second-order valence-electron chi connectivity index (χ2n) is 6.61. The maximum Gasteiger partial charge on any atom is 0.332 e. The number of halogens is 1. The number of rotatable bonds is 5. The fraction of sp³-hybridized carbons (Fsp3) is 0.556. The first kappa shape index (κ1) is 17.2. The van der Waals surface area contributed by atoms with E-state index in [1.165, 1.54) is 12.8 Å². The van der Waals surface area contributed by atoms with Crippen molar-refractivity contribution in [3.63, 3.8) is 0 Å². The molecule has 2 aliphatic rings. The summed E-state index contributed by atoms with van der Waals surface area (Å²) in [6.07, 6.45) is 3.78. The molecule has 1 heterocycles. The summed E-state index contributed by atoms with van der Waals surface area (Å²) >= 11 is 5.97. The SMILES string of the molecule is O=C(NC(c1ccc(Cl)cc1)C1CCCC1)[C@@H]1CC[C@H](C(=O)O)O1. The molecular weight excluding hydrogens is 330 g/mol. The Labute approximate surface area is 146 Å². The molecule has 1 aromatic carbocycles. The number of hydrogen-bond acceptors (Lipinski definition) is 3. The molecule has 0 bridgehead atoms. The molecule has 1 aromatic rings. The Morgan fingerprint density at radius 3 is 2.29 bits per heavy atom. The van der Waals surface area contributed by atoms with Gasteiger partial charge in [-0.15, -0.1) is 0 Å². The summed E-state index contributed by atoms with van der Waals surface area (Å²) in [5.41, 5.74) is 1.03. The zero-order valence-corrected chi connectivity index (χ0v) is 14.2. The third-order valence-electron chi connectivity index (χ3n) is 4.99. The molecule has 5 nitrogen and oxygen atoms in total. The second kappa shape index (κ2) is 7.53. The summed E-state index contributed by atoms with van der Waals surface area (Å²) in [6.45, 7) is 0. The number of carboxylic acids is 1. The third-order valence-corrected chi connectivity index (χ3v) is 5.24. The number of nitrogens with one attached hydrogen (secondary N) is 1. The minimum absolute atomic E-state index is 0.0789. The van der Waals surface area contributed by atoms with E-state index in [0.717, 1.165) is 18.4 Å². The fourth-order valence-corrected chi connectivity index (χ4v) is 3.82. The Bertz CT molecular complexity index is 598. The second-order valence-corrected chi connectivity index (χ2v) is 7.05. The van der Waals surface area contributed by atoms with Crippen molar-refractivity contribution in [2.75, 3.05) is 0 Å². The van der Waals surface area contributed by atoms with Crippen molar-refractivity contribution >= 4 is 23.5 Å². The maximum atomic E-state index is 12.6. The number of carboxylic acid groups (broad SMARTS) is 1. The molecule has 0 radical (unpaired) electrons. The van der Waals surface area contributed by atoms with Crippen LogP contribution in [0, 0.1) is 5.92 Å². The Morgan fingerprint density at radius 2 is 1.71 bits per heavy atom. The number of carbonyl (C=O) groups excluding carboxylic acids is 1. The van der Waals surface area contributed by atoms with Gasteiger partial charge in [0.25, 0.3) is 0 Å². The Morgan fingerprint density at radius 1 is 1.08 bits per heavy atom. The number of hydrogen-bond donors (Lipinski definition) is 2. The molecule has 130 valence electrons. The van der Waals surface area contributed by atoms with Gasteiger partial charge in [-0.05, 0) is 49.3 Å². The largest absolute Gasteiger partial charge is 0.479 e. The maximum absolute atomic E-state index is 12.6. The smallest absolute Gasteiger partial charge is 0.332 e. The molecule has 2 N–H and O–H groups in total. The highest BCUT2D eigenvalue weighted by Gasteiger charge is 2.37. The Kier molecular flexibility index (Phi) is 5.41. The number of benzene rings is 1. The van der Waals surface area contributed by atoms with Gasteiger partial charge < -0.3 is 15.2 Å². The number of amides is 1. The molecule has 1 unspecified atom stereocenters. The van der Waals surface area contributed by atoms with Gasteiger partial charge in [0.1, 0.15) is 6.10 Å². The molecule has 1 saturated heterocycles. The molecule has 0 aromatic heterocycles. The van der Waals surface area contributed by atoms with E-state index >= 15 is 0 Å². The van der Waals surface area contributed by atoms with Crippen molar-refractivity contribution in [2.24, 2.45) is 5.92 Å². The van der Waals surface area contributed by atoms with E-state index in [0.29, 0.717) is 23.8 Å². The highest BCUT2D eigenvalue weighted by atomic mass is 35.5. The van der Waals surface area contributed by atoms with Crippen LogP contribution in [-0.4, -0.2) is 29.2 Å². The van der Waals surface area contributed by atoms with Crippen molar-refractivity contribution in [1.82, 2.24) is 5.32 Å². The molecule has 1 aliphatic heterocycles. The van der Waals surface area contributed by atoms with Gasteiger partial charge in [-0.3, -0.25) is 4.79 Å². The summed E-state index contributed by atoms with van der Waals surface area (Å²) in [4.78, 5) is 23.6. The molecule has 24 heavy (non-hydrogen) atoms. The lowest BCUT2D eigenvalue weighted by Gasteiger charge is -2.26. The highest BCUT2D eigenvalue weighted by molar-refractivity contribution is 6.30. The van der Waals surface area contributed by atoms with Crippen molar-refractivity contribution in [1.29, 1.82) is 0 Å². The fourth-order valence-electron chi connectivity index (χ4n) is 3.69. The monoisotopic (exact) mass is 351 g/mol. The van der Waals surface area contributed by atoms with Crippen LogP contribution in [0.25, 0.3) is 0 Å². The molecule has 3 rings (SSSR count). The molecule has 1 saturated carbocycles. The highest BCUT2D eigenvalue weighted by Crippen LogP contribution is 2.36. The summed E-state index contributed by atoms with van der Waals surface area (Å²) in [6, 6.07) is 7.47. The summed E-state index contributed by atoms with van der Waals surface area (Å²) in [5.74, 6) is -0.826. The van der Waals surface area contributed by atoms with E-state index in [4.69, 9.17) is 21.4 Å². The average molecular weight is 352 g/mol. The molecular formula is C18H22ClNO4. The van der Waals surface area contributed by atoms with Crippen LogP contribution in [0.3, 0.4) is 0 Å². The van der Waals surface area contributed by atoms with Crippen LogP contribution in [0.15, 0.2) is 24.3 Å². The molecule has 6 heteroatoms. The van der Waals surface area contributed by atoms with E-state index in [1.807, 2.05) is 24.3 Å². The number of aliphatic carboxylic acids is 1. The van der Waals surface area contributed by atoms with Crippen LogP contribution in [0.2, 0.25) is 5.02 Å². The Balaban J connectivity index is 1.71. The molecule has 1 aliphatic carbocycles. The lowest BCUT2D eigenvalue weighted by molar-refractivity contribution is -0.152. The molecule has 0 spiro atoms. The van der Waals surface area contributed by atoms with Crippen molar-refractivity contribution in [3.8, 4) is 0 Å². The zero-order valence-electron chi connectivity index (χ0n) is 13.4. The first-order chi connectivity index (χ1) is 11.5. The van der Waals surface area contributed by atoms with E-state index < -0.39 is 18.2 Å². The van der Waals surface area contributed by atoms with Gasteiger partial charge in [0.05, 0.1) is 6.04 Å². The van der Waals surface area contributed by atoms with Crippen LogP contribution in [0.5, 0.6) is 0 Å². The van der Waals surface area contributed by atoms with Gasteiger partial charge in [0.15, 0.2) is 6.10 Å². The van der Waals surface area contributed by atoms with Gasteiger partial charge in [-0.25, -0.2) is 4.79 Å². The van der Waals surface area contributed by atoms with Crippen LogP contribution < -0.4 is 5.32 Å². The van der Waals surface area contributed by atoms with E-state index in [-0.39, 0.29) is 11.9 Å². The normalized spacial score (nSPS) is 25.5. The molecule has 3 atom stereocenters. The first-order valence-electron chi connectivity index (χ1n) is 8.48. The Hall–Kier alpha value is -1.59. The number of ether oxygens (including phenoxy) is 1. The van der Waals surface area contributed by atoms with Gasteiger partial charge in [0.2, 0.25) is 5.91 Å². The molecule has 2 fully saturated rings. The third kappa shape index (κ3) is 3.90. The topological polar surface area (TPSA) is 75.6 Å². The van der Waals surface area contributed by atoms with Crippen LogP contribution in [0.1, 0.15) is 50.1 Å². The minimum Gasteiger partial charge on any atom is -0.479 e. The van der Waals surface area contributed by atoms with Crippen LogP contribution in [-0.2, 0) is 14.3 Å². The summed E-state index contributed by atoms with van der Waals surface area (Å²) < 4.78 is 5.37. The molecule has 1 amide bonds. The van der Waals surface area contributed by atoms with Crippen LogP contribution in [0.4, 0.5) is 0 Å². The van der Waals surface area contributed by atoms with Crippen LogP contribution >= 0.6 is 11.6 Å². The van der Waals surface area contributed by atoms with Gasteiger partial charge in [0, 0.05) is 5.02 Å². The van der Waals surface area contributed by atoms with E-state index in [1.54, 1.807) is 0 Å². The predicted molar refractivity (Wildman–Crippen MR) is 89.8 cm³/mol. The van der Waals surface area contributed by atoms with Crippen molar-refractivity contribution < 1.29 is 19.4 Å². The zero-order chi connectivity index (χ0) is 17.1. The van der Waals surface area contributed by atoms with E-state index in [2.05, 4.69) is 5.32 Å². The van der Waals surface area contributed by atoms with Gasteiger partial charge >= 0.3 is 5.97 Å². The summed E-state index contributed by atoms with van der Waals surface area (Å²) in [5, 5.41) is 12.8. The first-order valence-corrected chi connectivity index (χ1v) is 8.86. The van der Waals surface area contributed by atoms with Gasteiger partial charge in [-0.2, -0.15) is 0 Å². The van der Waals surface area contributed by atoms with Gasteiger partial charge in [-0.1, -0.05) is 36.6 Å². The lowest BCUT2D eigenvalue weighted by Crippen LogP contribution is -2.40. The van der Waals surface area contributed by atoms with E-state index in [9.17, 15) is 9.59 Å². The predicted octanol–water partition coefficient (Wildman–Crippen LogP) is 3.32. The van der Waals surface area contributed by atoms with Crippen molar-refractivity contribution in [2.45, 2.75) is 56.8 Å².